The van der Waals surface area contributed by atoms with E-state index in [2.05, 4.69) is 25.9 Å². The van der Waals surface area contributed by atoms with Crippen molar-refractivity contribution in [2.75, 3.05) is 0 Å². The zero-order valence-corrected chi connectivity index (χ0v) is 11.5. The number of aromatic nitrogens is 2. The molecule has 0 saturated heterocycles. The van der Waals surface area contributed by atoms with Crippen LogP contribution < -0.4 is 0 Å². The molecule has 0 aliphatic rings. The molecule has 0 aliphatic heterocycles. The molecule has 2 nitrogen and oxygen atoms in total. The Morgan fingerprint density at radius 2 is 1.82 bits per heavy atom. The standard InChI is InChI=1S/C13H14Cl2N2/c1-13(2,3)12-6-7-16-17(12)11-5-4-9(14)8-10(11)15/h4-8H,1-3H3. The van der Waals surface area contributed by atoms with Crippen molar-refractivity contribution in [3.63, 3.8) is 0 Å². The molecule has 17 heavy (non-hydrogen) atoms. The van der Waals surface area contributed by atoms with Crippen molar-refractivity contribution >= 4 is 23.2 Å². The second-order valence-electron chi connectivity index (χ2n) is 4.97. The van der Waals surface area contributed by atoms with Gasteiger partial charge in [0.1, 0.15) is 0 Å². The summed E-state index contributed by atoms with van der Waals surface area (Å²) in [5.74, 6) is 0. The minimum atomic E-state index is 0.0134. The summed E-state index contributed by atoms with van der Waals surface area (Å²) in [5, 5.41) is 5.56. The van der Waals surface area contributed by atoms with Gasteiger partial charge in [0.25, 0.3) is 0 Å². The van der Waals surface area contributed by atoms with Gasteiger partial charge in [0, 0.05) is 22.3 Å². The molecule has 0 unspecified atom stereocenters. The molecule has 0 bridgehead atoms. The second kappa shape index (κ2) is 4.35. The highest BCUT2D eigenvalue weighted by molar-refractivity contribution is 6.35. The van der Waals surface area contributed by atoms with Crippen LogP contribution in [0.1, 0.15) is 26.5 Å². The fourth-order valence-corrected chi connectivity index (χ4v) is 2.20. The smallest absolute Gasteiger partial charge is 0.0836 e. The third-order valence-corrected chi connectivity index (χ3v) is 3.09. The van der Waals surface area contributed by atoms with Crippen molar-refractivity contribution in [2.45, 2.75) is 26.2 Å². The quantitative estimate of drug-likeness (QED) is 0.746. The first kappa shape index (κ1) is 12.5. The van der Waals surface area contributed by atoms with E-state index in [4.69, 9.17) is 23.2 Å². The van der Waals surface area contributed by atoms with Crippen LogP contribution >= 0.6 is 23.2 Å². The lowest BCUT2D eigenvalue weighted by atomic mass is 9.92. The third kappa shape index (κ3) is 2.48. The number of nitrogens with zero attached hydrogens (tertiary/aromatic N) is 2. The van der Waals surface area contributed by atoms with E-state index in [1.54, 1.807) is 12.3 Å². The Kier molecular flexibility index (Phi) is 3.19. The Balaban J connectivity index is 2.58. The molecule has 0 aliphatic carbocycles. The first-order chi connectivity index (χ1) is 7.89. The highest BCUT2D eigenvalue weighted by Gasteiger charge is 2.20. The zero-order chi connectivity index (χ0) is 12.6. The Hall–Kier alpha value is -0.990. The van der Waals surface area contributed by atoms with E-state index in [1.807, 2.05) is 22.9 Å². The van der Waals surface area contributed by atoms with Crippen molar-refractivity contribution in [3.05, 3.63) is 46.2 Å². The van der Waals surface area contributed by atoms with Crippen LogP contribution in [-0.2, 0) is 5.41 Å². The molecule has 1 aromatic carbocycles. The molecule has 0 spiro atoms. The summed E-state index contributed by atoms with van der Waals surface area (Å²) in [5.41, 5.74) is 1.98. The topological polar surface area (TPSA) is 17.8 Å². The molecule has 0 atom stereocenters. The number of rotatable bonds is 1. The van der Waals surface area contributed by atoms with Crippen LogP contribution in [0.2, 0.25) is 10.0 Å². The Bertz CT molecular complexity index is 539. The van der Waals surface area contributed by atoms with Gasteiger partial charge in [-0.3, -0.25) is 0 Å². The number of hydrogen-bond acceptors (Lipinski definition) is 1. The predicted molar refractivity (Wildman–Crippen MR) is 72.3 cm³/mol. The molecule has 1 heterocycles. The summed E-state index contributed by atoms with van der Waals surface area (Å²) in [4.78, 5) is 0. The van der Waals surface area contributed by atoms with E-state index in [0.29, 0.717) is 10.0 Å². The molecule has 0 N–H and O–H groups in total. The fourth-order valence-electron chi connectivity index (χ4n) is 1.72. The van der Waals surface area contributed by atoms with E-state index in [1.165, 1.54) is 0 Å². The molecule has 0 amide bonds. The Morgan fingerprint density at radius 3 is 2.41 bits per heavy atom. The maximum Gasteiger partial charge on any atom is 0.0836 e. The molecule has 0 fully saturated rings. The third-order valence-electron chi connectivity index (χ3n) is 2.55. The molecular formula is C13H14Cl2N2. The number of hydrogen-bond donors (Lipinski definition) is 0. The van der Waals surface area contributed by atoms with Crippen LogP contribution in [0.5, 0.6) is 0 Å². The summed E-state index contributed by atoms with van der Waals surface area (Å²) >= 11 is 12.1. The average molecular weight is 269 g/mol. The molecule has 4 heteroatoms. The predicted octanol–water partition coefficient (Wildman–Crippen LogP) is 4.48. The number of benzene rings is 1. The van der Waals surface area contributed by atoms with Gasteiger partial charge in [0.05, 0.1) is 10.7 Å². The van der Waals surface area contributed by atoms with Crippen LogP contribution in [0, 0.1) is 0 Å². The second-order valence-corrected chi connectivity index (χ2v) is 5.82. The highest BCUT2D eigenvalue weighted by atomic mass is 35.5. The Labute approximate surface area is 111 Å². The summed E-state index contributed by atoms with van der Waals surface area (Å²) in [6, 6.07) is 7.43. The van der Waals surface area contributed by atoms with Gasteiger partial charge in [0.2, 0.25) is 0 Å². The van der Waals surface area contributed by atoms with Gasteiger partial charge in [0.15, 0.2) is 0 Å². The lowest BCUT2D eigenvalue weighted by Crippen LogP contribution is -2.17. The normalized spacial score (nSPS) is 11.8. The van der Waals surface area contributed by atoms with Crippen LogP contribution in [0.25, 0.3) is 5.69 Å². The van der Waals surface area contributed by atoms with E-state index < -0.39 is 0 Å². The van der Waals surface area contributed by atoms with Gasteiger partial charge in [-0.05, 0) is 24.3 Å². The van der Waals surface area contributed by atoms with E-state index >= 15 is 0 Å². The first-order valence-electron chi connectivity index (χ1n) is 5.39. The monoisotopic (exact) mass is 268 g/mol. The van der Waals surface area contributed by atoms with Crippen LogP contribution in [0.4, 0.5) is 0 Å². The van der Waals surface area contributed by atoms with Gasteiger partial charge in [-0.1, -0.05) is 44.0 Å². The van der Waals surface area contributed by atoms with Crippen LogP contribution in [0.3, 0.4) is 0 Å². The minimum Gasteiger partial charge on any atom is -0.236 e. The summed E-state index contributed by atoms with van der Waals surface area (Å²) in [6.45, 7) is 6.43. The van der Waals surface area contributed by atoms with Gasteiger partial charge in [-0.15, -0.1) is 0 Å². The molecular weight excluding hydrogens is 255 g/mol. The van der Waals surface area contributed by atoms with Crippen molar-refractivity contribution in [1.82, 2.24) is 9.78 Å². The molecule has 2 aromatic rings. The fraction of sp³-hybridized carbons (Fsp3) is 0.308. The van der Waals surface area contributed by atoms with Gasteiger partial charge in [-0.2, -0.15) is 5.10 Å². The average Bonchev–Trinajstić information content (AvgIpc) is 2.65. The van der Waals surface area contributed by atoms with Gasteiger partial charge >= 0.3 is 0 Å². The summed E-state index contributed by atoms with van der Waals surface area (Å²) < 4.78 is 1.86. The largest absolute Gasteiger partial charge is 0.236 e. The van der Waals surface area contributed by atoms with Crippen LogP contribution in [0.15, 0.2) is 30.5 Å². The van der Waals surface area contributed by atoms with E-state index in [9.17, 15) is 0 Å². The maximum absolute atomic E-state index is 6.20. The lowest BCUT2D eigenvalue weighted by Gasteiger charge is -2.20. The molecule has 0 radical (unpaired) electrons. The van der Waals surface area contributed by atoms with Crippen molar-refractivity contribution < 1.29 is 0 Å². The van der Waals surface area contributed by atoms with Gasteiger partial charge in [-0.25, -0.2) is 4.68 Å². The van der Waals surface area contributed by atoms with Crippen LogP contribution in [-0.4, -0.2) is 9.78 Å². The molecule has 2 rings (SSSR count). The first-order valence-corrected chi connectivity index (χ1v) is 6.15. The zero-order valence-electron chi connectivity index (χ0n) is 10.0. The summed E-state index contributed by atoms with van der Waals surface area (Å²) in [6.07, 6.45) is 1.78. The summed E-state index contributed by atoms with van der Waals surface area (Å²) in [7, 11) is 0. The minimum absolute atomic E-state index is 0.0134. The molecule has 90 valence electrons. The SMILES string of the molecule is CC(C)(C)c1ccnn1-c1ccc(Cl)cc1Cl. The lowest BCUT2D eigenvalue weighted by molar-refractivity contribution is 0.544. The molecule has 1 aromatic heterocycles. The van der Waals surface area contributed by atoms with Gasteiger partial charge < -0.3 is 0 Å². The number of halogens is 2. The van der Waals surface area contributed by atoms with Crippen molar-refractivity contribution in [1.29, 1.82) is 0 Å². The highest BCUT2D eigenvalue weighted by Crippen LogP contribution is 2.29. The van der Waals surface area contributed by atoms with Crippen molar-refractivity contribution in [2.24, 2.45) is 0 Å². The Morgan fingerprint density at radius 1 is 1.12 bits per heavy atom. The maximum atomic E-state index is 6.20. The van der Waals surface area contributed by atoms with E-state index in [0.717, 1.165) is 11.4 Å². The molecule has 0 saturated carbocycles. The van der Waals surface area contributed by atoms with Crippen molar-refractivity contribution in [3.8, 4) is 5.69 Å². The van der Waals surface area contributed by atoms with E-state index in [-0.39, 0.29) is 5.41 Å².